The lowest BCUT2D eigenvalue weighted by molar-refractivity contribution is 0.576. The van der Waals surface area contributed by atoms with Crippen LogP contribution in [-0.4, -0.2) is 16.2 Å². The van der Waals surface area contributed by atoms with Crippen molar-refractivity contribution in [1.82, 2.24) is 4.57 Å². The summed E-state index contributed by atoms with van der Waals surface area (Å²) in [6, 6.07) is 102. The van der Waals surface area contributed by atoms with Gasteiger partial charge in [0.1, 0.15) is 0 Å². The van der Waals surface area contributed by atoms with Crippen LogP contribution in [0.1, 0.15) is 29.4 Å². The van der Waals surface area contributed by atoms with E-state index in [-0.39, 0.29) is 0 Å². The Labute approximate surface area is 448 Å². The third-order valence-corrected chi connectivity index (χ3v) is 16.6. The average molecular weight is 993 g/mol. The number of para-hydroxylation sites is 4. The number of fused-ring (bicyclic) bond motifs is 6. The maximum atomic E-state index is 4.98. The molecular formula is C71H52N4S. The molecule has 3 heterocycles. The summed E-state index contributed by atoms with van der Waals surface area (Å²) in [6.07, 6.45) is 1.07. The summed E-state index contributed by atoms with van der Waals surface area (Å²) in [4.78, 5) is 11.0. The molecule has 0 saturated carbocycles. The lowest BCUT2D eigenvalue weighted by Gasteiger charge is -2.28. The topological polar surface area (TPSA) is 23.8 Å². The molecule has 0 radical (unpaired) electrons. The Hall–Kier alpha value is -9.16. The Kier molecular flexibility index (Phi) is 11.7. The second-order valence-electron chi connectivity index (χ2n) is 19.8. The zero-order chi connectivity index (χ0) is 50.4. The summed E-state index contributed by atoms with van der Waals surface area (Å²) >= 11 is 1.86. The van der Waals surface area contributed by atoms with Crippen molar-refractivity contribution in [3.8, 4) is 39.1 Å². The summed E-state index contributed by atoms with van der Waals surface area (Å²) in [6.45, 7) is 0.888. The molecule has 0 saturated heterocycles. The number of rotatable bonds is 11. The number of hydrogen-bond acceptors (Lipinski definition) is 4. The van der Waals surface area contributed by atoms with Gasteiger partial charge in [-0.3, -0.25) is 4.99 Å². The third-order valence-electron chi connectivity index (χ3n) is 15.4. The summed E-state index contributed by atoms with van der Waals surface area (Å²) in [7, 11) is 0. The lowest BCUT2D eigenvalue weighted by atomic mass is 9.78. The van der Waals surface area contributed by atoms with Crippen molar-refractivity contribution in [2.24, 2.45) is 4.99 Å². The maximum absolute atomic E-state index is 4.98. The first-order valence-corrected chi connectivity index (χ1v) is 27.1. The quantitative estimate of drug-likeness (QED) is 0.129. The highest BCUT2D eigenvalue weighted by Gasteiger charge is 2.38. The Bertz CT molecular complexity index is 3780. The van der Waals surface area contributed by atoms with Crippen molar-refractivity contribution >= 4 is 72.7 Å². The van der Waals surface area contributed by atoms with E-state index < -0.39 is 0 Å². The minimum Gasteiger partial charge on any atom is -0.311 e. The number of hydrogen-bond donors (Lipinski definition) is 0. The number of aromatic nitrogens is 1. The van der Waals surface area contributed by atoms with Crippen LogP contribution in [-0.2, 0) is 0 Å². The van der Waals surface area contributed by atoms with Gasteiger partial charge in [0.2, 0.25) is 0 Å². The monoisotopic (exact) mass is 992 g/mol. The minimum atomic E-state index is 0.353. The molecule has 0 N–H and O–H groups in total. The molecule has 362 valence electrons. The van der Waals surface area contributed by atoms with Crippen molar-refractivity contribution in [1.29, 1.82) is 0 Å². The molecule has 2 aliphatic rings. The first-order chi connectivity index (χ1) is 37.7. The van der Waals surface area contributed by atoms with Crippen molar-refractivity contribution < 1.29 is 0 Å². The zero-order valence-electron chi connectivity index (χ0n) is 41.8. The van der Waals surface area contributed by atoms with Gasteiger partial charge in [-0.2, -0.15) is 0 Å². The fourth-order valence-corrected chi connectivity index (χ4v) is 13.0. The fraction of sp³-hybridized carbons (Fsp3) is 0.0563. The highest BCUT2D eigenvalue weighted by Crippen LogP contribution is 2.52. The van der Waals surface area contributed by atoms with E-state index >= 15 is 0 Å². The Morgan fingerprint density at radius 3 is 1.22 bits per heavy atom. The van der Waals surface area contributed by atoms with Crippen LogP contribution in [0.25, 0.3) is 60.9 Å². The van der Waals surface area contributed by atoms with Gasteiger partial charge in [0.05, 0.1) is 16.1 Å². The Morgan fingerprint density at radius 1 is 0.368 bits per heavy atom. The van der Waals surface area contributed by atoms with Crippen LogP contribution < -0.4 is 9.80 Å². The van der Waals surface area contributed by atoms with Gasteiger partial charge in [0, 0.05) is 67.9 Å². The zero-order valence-corrected chi connectivity index (χ0v) is 42.6. The molecule has 2 atom stereocenters. The van der Waals surface area contributed by atoms with Crippen LogP contribution >= 0.6 is 11.8 Å². The first kappa shape index (κ1) is 45.5. The van der Waals surface area contributed by atoms with Crippen LogP contribution in [0.3, 0.4) is 0 Å². The minimum absolute atomic E-state index is 0.353. The van der Waals surface area contributed by atoms with E-state index in [1.807, 2.05) is 11.8 Å². The molecule has 0 fully saturated rings. The van der Waals surface area contributed by atoms with Gasteiger partial charge in [-0.25, -0.2) is 0 Å². The number of anilines is 6. The van der Waals surface area contributed by atoms with Crippen molar-refractivity contribution in [3.63, 3.8) is 0 Å². The molecule has 0 amide bonds. The van der Waals surface area contributed by atoms with E-state index in [1.165, 1.54) is 76.3 Å². The Balaban J connectivity index is 0.824. The summed E-state index contributed by atoms with van der Waals surface area (Å²) in [5.74, 6) is 0.788. The first-order valence-electron chi connectivity index (χ1n) is 26.3. The second kappa shape index (κ2) is 19.6. The molecule has 14 rings (SSSR count). The molecule has 1 aromatic heterocycles. The summed E-state index contributed by atoms with van der Waals surface area (Å²) < 4.78 is 2.44. The molecule has 0 aliphatic carbocycles. The fourth-order valence-electron chi connectivity index (χ4n) is 11.7. The summed E-state index contributed by atoms with van der Waals surface area (Å²) in [5.41, 5.74) is 20.1. The van der Waals surface area contributed by atoms with Crippen LogP contribution in [0.4, 0.5) is 34.1 Å². The molecule has 2 unspecified atom stereocenters. The van der Waals surface area contributed by atoms with Crippen LogP contribution in [0.2, 0.25) is 0 Å². The molecule has 4 nitrogen and oxygen atoms in total. The predicted octanol–water partition coefficient (Wildman–Crippen LogP) is 19.5. The smallest absolute Gasteiger partial charge is 0.0805 e. The molecular weight excluding hydrogens is 941 g/mol. The van der Waals surface area contributed by atoms with E-state index in [1.54, 1.807) is 0 Å². The van der Waals surface area contributed by atoms with E-state index in [9.17, 15) is 0 Å². The molecule has 0 bridgehead atoms. The molecule has 12 aromatic rings. The largest absolute Gasteiger partial charge is 0.311 e. The van der Waals surface area contributed by atoms with Crippen LogP contribution in [0, 0.1) is 0 Å². The van der Waals surface area contributed by atoms with Gasteiger partial charge in [-0.05, 0) is 172 Å². The molecule has 76 heavy (non-hydrogen) atoms. The SMILES string of the molecule is c1ccc(N(c2ccccc2)c2ccc(-c3ccc4c(c3)c3cc(-c5ccc(N(c6ccccc6)c6ccccc6)cc5)ccc3n4-c3ccc(-c4ccc(C5CCN=C6Sc7ccccc7C65)cc4)cc3)cc2)cc1. The molecule has 0 spiro atoms. The van der Waals surface area contributed by atoms with Gasteiger partial charge in [-0.15, -0.1) is 0 Å². The van der Waals surface area contributed by atoms with Crippen molar-refractivity contribution in [2.45, 2.75) is 23.2 Å². The molecule has 2 aliphatic heterocycles. The standard InChI is InChI=1S/C71H52N4S/c1-5-15-56(16-6-1)73(57-17-7-2-8-18-57)60-37-31-51(32-38-60)54-35-43-67-65(47-54)66-48-55(52-33-39-61(40-34-52)74(58-19-9-3-10-20-58)59-21-11-4-12-22-59)36-44-68(66)75(67)62-41-29-50(30-42-62)49-25-27-53(28-26-49)63-45-46-72-71-70(63)64-23-13-14-24-69(64)76-71/h1-44,47-48,63,70H,45-46H2. The second-order valence-corrected chi connectivity index (χ2v) is 20.9. The highest BCUT2D eigenvalue weighted by molar-refractivity contribution is 8.14. The van der Waals surface area contributed by atoms with Gasteiger partial charge in [0.25, 0.3) is 0 Å². The number of benzene rings is 11. The van der Waals surface area contributed by atoms with Crippen molar-refractivity contribution in [3.05, 3.63) is 290 Å². The lowest BCUT2D eigenvalue weighted by Crippen LogP contribution is -2.20. The van der Waals surface area contributed by atoms with Crippen LogP contribution in [0.15, 0.2) is 289 Å². The highest BCUT2D eigenvalue weighted by atomic mass is 32.2. The molecule has 11 aromatic carbocycles. The number of nitrogens with zero attached hydrogens (tertiary/aromatic N) is 4. The molecule has 5 heteroatoms. The number of aliphatic imine (C=N–C) groups is 1. The van der Waals surface area contributed by atoms with Gasteiger partial charge in [0.15, 0.2) is 0 Å². The number of thioether (sulfide) groups is 1. The van der Waals surface area contributed by atoms with E-state index in [4.69, 9.17) is 4.99 Å². The van der Waals surface area contributed by atoms with Gasteiger partial charge in [-0.1, -0.05) is 176 Å². The van der Waals surface area contributed by atoms with Crippen LogP contribution in [0.5, 0.6) is 0 Å². The van der Waals surface area contributed by atoms with E-state index in [0.717, 1.165) is 52.8 Å². The third kappa shape index (κ3) is 8.36. The van der Waals surface area contributed by atoms with E-state index in [0.29, 0.717) is 11.8 Å². The van der Waals surface area contributed by atoms with Gasteiger partial charge < -0.3 is 14.4 Å². The maximum Gasteiger partial charge on any atom is 0.0805 e. The average Bonchev–Trinajstić information content (AvgIpc) is 4.06. The van der Waals surface area contributed by atoms with Gasteiger partial charge >= 0.3 is 0 Å². The van der Waals surface area contributed by atoms with Crippen molar-refractivity contribution in [2.75, 3.05) is 16.3 Å². The van der Waals surface area contributed by atoms with E-state index in [2.05, 4.69) is 293 Å². The Morgan fingerprint density at radius 2 is 0.750 bits per heavy atom. The predicted molar refractivity (Wildman–Crippen MR) is 321 cm³/mol. The normalized spacial score (nSPS) is 14.8. The summed E-state index contributed by atoms with van der Waals surface area (Å²) in [5, 5.41) is 3.70.